The van der Waals surface area contributed by atoms with Gasteiger partial charge in [-0.05, 0) is 19.1 Å². The monoisotopic (exact) mass is 333 g/mol. The molecule has 0 spiro atoms. The first-order chi connectivity index (χ1) is 11.1. The normalized spacial score (nSPS) is 10.9. The van der Waals surface area contributed by atoms with Gasteiger partial charge in [0.2, 0.25) is 0 Å². The number of aromatic nitrogens is 4. The third-order valence-corrected chi connectivity index (χ3v) is 3.83. The standard InChI is InChI=1S/C15H16ClN5O2/c1-3-21-13(10(16)8-17-21)9-20(2)15(22)12-7-11(18-19-12)14-5-4-6-23-14/h4-8H,3,9H2,1-2H3,(H,18,19). The Morgan fingerprint density at radius 2 is 2.35 bits per heavy atom. The molecule has 3 aromatic rings. The summed E-state index contributed by atoms with van der Waals surface area (Å²) in [5.41, 5.74) is 1.77. The van der Waals surface area contributed by atoms with E-state index in [0.29, 0.717) is 35.3 Å². The van der Waals surface area contributed by atoms with E-state index in [4.69, 9.17) is 16.0 Å². The molecular weight excluding hydrogens is 318 g/mol. The van der Waals surface area contributed by atoms with Crippen LogP contribution in [-0.4, -0.2) is 37.8 Å². The molecule has 0 saturated heterocycles. The number of carbonyl (C=O) groups is 1. The first kappa shape index (κ1) is 15.4. The molecule has 0 saturated carbocycles. The van der Waals surface area contributed by atoms with Gasteiger partial charge in [-0.1, -0.05) is 11.6 Å². The zero-order valence-corrected chi connectivity index (χ0v) is 13.5. The maximum atomic E-state index is 12.5. The number of aryl methyl sites for hydroxylation is 1. The largest absolute Gasteiger partial charge is 0.463 e. The number of rotatable bonds is 5. The van der Waals surface area contributed by atoms with Crippen LogP contribution >= 0.6 is 11.6 Å². The van der Waals surface area contributed by atoms with E-state index < -0.39 is 0 Å². The fourth-order valence-corrected chi connectivity index (χ4v) is 2.50. The third kappa shape index (κ3) is 3.00. The second kappa shape index (κ2) is 6.29. The van der Waals surface area contributed by atoms with Gasteiger partial charge >= 0.3 is 0 Å². The zero-order chi connectivity index (χ0) is 16.4. The van der Waals surface area contributed by atoms with Crippen molar-refractivity contribution in [2.24, 2.45) is 0 Å². The molecule has 0 fully saturated rings. The highest BCUT2D eigenvalue weighted by Gasteiger charge is 2.19. The quantitative estimate of drug-likeness (QED) is 0.778. The molecule has 23 heavy (non-hydrogen) atoms. The molecule has 1 N–H and O–H groups in total. The summed E-state index contributed by atoms with van der Waals surface area (Å²) in [6, 6.07) is 5.24. The minimum atomic E-state index is -0.209. The summed E-state index contributed by atoms with van der Waals surface area (Å²) in [6.45, 7) is 3.02. The minimum absolute atomic E-state index is 0.209. The van der Waals surface area contributed by atoms with Gasteiger partial charge in [-0.15, -0.1) is 0 Å². The van der Waals surface area contributed by atoms with E-state index in [0.717, 1.165) is 5.69 Å². The molecule has 0 unspecified atom stereocenters. The molecule has 7 nitrogen and oxygen atoms in total. The number of amides is 1. The lowest BCUT2D eigenvalue weighted by Crippen LogP contribution is -2.28. The van der Waals surface area contributed by atoms with Crippen molar-refractivity contribution in [1.29, 1.82) is 0 Å². The first-order valence-electron chi connectivity index (χ1n) is 7.15. The van der Waals surface area contributed by atoms with Crippen LogP contribution in [0.4, 0.5) is 0 Å². The Morgan fingerprint density at radius 1 is 1.52 bits per heavy atom. The molecular formula is C15H16ClN5O2. The summed E-state index contributed by atoms with van der Waals surface area (Å²) < 4.78 is 7.05. The van der Waals surface area contributed by atoms with E-state index >= 15 is 0 Å². The van der Waals surface area contributed by atoms with Crippen molar-refractivity contribution in [2.45, 2.75) is 20.0 Å². The van der Waals surface area contributed by atoms with Gasteiger partial charge in [-0.3, -0.25) is 14.6 Å². The lowest BCUT2D eigenvalue weighted by molar-refractivity contribution is 0.0776. The van der Waals surface area contributed by atoms with Crippen LogP contribution < -0.4 is 0 Å². The van der Waals surface area contributed by atoms with Crippen molar-refractivity contribution >= 4 is 17.5 Å². The summed E-state index contributed by atoms with van der Waals surface area (Å²) in [4.78, 5) is 14.1. The molecule has 0 atom stereocenters. The predicted molar refractivity (Wildman–Crippen MR) is 85.0 cm³/mol. The molecule has 3 aromatic heterocycles. The van der Waals surface area contributed by atoms with Gasteiger partial charge in [0.15, 0.2) is 11.5 Å². The summed E-state index contributed by atoms with van der Waals surface area (Å²) in [6.07, 6.45) is 3.15. The van der Waals surface area contributed by atoms with Crippen LogP contribution in [0.5, 0.6) is 0 Å². The van der Waals surface area contributed by atoms with Crippen molar-refractivity contribution in [2.75, 3.05) is 7.05 Å². The Bertz CT molecular complexity index is 806. The summed E-state index contributed by atoms with van der Waals surface area (Å²) in [5.74, 6) is 0.422. The number of hydrogen-bond acceptors (Lipinski definition) is 4. The number of halogens is 1. The fourth-order valence-electron chi connectivity index (χ4n) is 2.30. The van der Waals surface area contributed by atoms with Gasteiger partial charge < -0.3 is 9.32 Å². The summed E-state index contributed by atoms with van der Waals surface area (Å²) in [7, 11) is 1.70. The van der Waals surface area contributed by atoms with Crippen molar-refractivity contribution in [3.63, 3.8) is 0 Å². The average Bonchev–Trinajstić information content (AvgIpc) is 3.27. The molecule has 3 rings (SSSR count). The molecule has 0 radical (unpaired) electrons. The van der Waals surface area contributed by atoms with Gasteiger partial charge in [0.25, 0.3) is 5.91 Å². The summed E-state index contributed by atoms with van der Waals surface area (Å²) in [5, 5.41) is 11.6. The third-order valence-electron chi connectivity index (χ3n) is 3.51. The highest BCUT2D eigenvalue weighted by atomic mass is 35.5. The SMILES string of the molecule is CCn1ncc(Cl)c1CN(C)C(=O)c1cc(-c2ccco2)[nH]n1. The molecule has 0 aliphatic heterocycles. The topological polar surface area (TPSA) is 80.0 Å². The lowest BCUT2D eigenvalue weighted by Gasteiger charge is -2.16. The molecule has 0 aliphatic rings. The Hall–Kier alpha value is -2.54. The lowest BCUT2D eigenvalue weighted by atomic mass is 10.2. The minimum Gasteiger partial charge on any atom is -0.463 e. The van der Waals surface area contributed by atoms with Crippen LogP contribution in [0.3, 0.4) is 0 Å². The maximum absolute atomic E-state index is 12.5. The van der Waals surface area contributed by atoms with Gasteiger partial charge in [-0.25, -0.2) is 0 Å². The molecule has 0 aromatic carbocycles. The Labute approximate surface area is 137 Å². The van der Waals surface area contributed by atoms with E-state index in [1.165, 1.54) is 0 Å². The van der Waals surface area contributed by atoms with E-state index in [-0.39, 0.29) is 5.91 Å². The number of H-pyrrole nitrogens is 1. The highest BCUT2D eigenvalue weighted by Crippen LogP contribution is 2.20. The molecule has 8 heteroatoms. The maximum Gasteiger partial charge on any atom is 0.274 e. The van der Waals surface area contributed by atoms with Gasteiger partial charge in [-0.2, -0.15) is 10.2 Å². The van der Waals surface area contributed by atoms with E-state index in [9.17, 15) is 4.79 Å². The van der Waals surface area contributed by atoms with Crippen LogP contribution in [0.2, 0.25) is 5.02 Å². The van der Waals surface area contributed by atoms with Gasteiger partial charge in [0, 0.05) is 19.7 Å². The van der Waals surface area contributed by atoms with E-state index in [1.807, 2.05) is 6.92 Å². The first-order valence-corrected chi connectivity index (χ1v) is 7.53. The highest BCUT2D eigenvalue weighted by molar-refractivity contribution is 6.31. The van der Waals surface area contributed by atoms with Gasteiger partial charge in [0.05, 0.1) is 29.7 Å². The van der Waals surface area contributed by atoms with E-state index in [2.05, 4.69) is 15.3 Å². The average molecular weight is 334 g/mol. The van der Waals surface area contributed by atoms with Crippen LogP contribution in [0.25, 0.3) is 11.5 Å². The molecule has 0 bridgehead atoms. The number of nitrogens with one attached hydrogen (secondary N) is 1. The summed E-state index contributed by atoms with van der Waals surface area (Å²) >= 11 is 6.13. The van der Waals surface area contributed by atoms with Crippen molar-refractivity contribution < 1.29 is 9.21 Å². The fraction of sp³-hybridized carbons (Fsp3) is 0.267. The number of hydrogen-bond donors (Lipinski definition) is 1. The molecule has 120 valence electrons. The van der Waals surface area contributed by atoms with E-state index in [1.54, 1.807) is 47.3 Å². The number of nitrogens with zero attached hydrogens (tertiary/aromatic N) is 4. The van der Waals surface area contributed by atoms with Crippen LogP contribution in [0.15, 0.2) is 35.1 Å². The van der Waals surface area contributed by atoms with Crippen LogP contribution in [0, 0.1) is 0 Å². The van der Waals surface area contributed by atoms with Crippen LogP contribution in [-0.2, 0) is 13.1 Å². The van der Waals surface area contributed by atoms with Crippen LogP contribution in [0.1, 0.15) is 23.1 Å². The number of furan rings is 1. The van der Waals surface area contributed by atoms with Gasteiger partial charge in [0.1, 0.15) is 5.69 Å². The molecule has 1 amide bonds. The van der Waals surface area contributed by atoms with Crippen molar-refractivity contribution in [1.82, 2.24) is 24.9 Å². The smallest absolute Gasteiger partial charge is 0.274 e. The Kier molecular flexibility index (Phi) is 4.20. The molecule has 0 aliphatic carbocycles. The Morgan fingerprint density at radius 3 is 3.04 bits per heavy atom. The second-order valence-electron chi connectivity index (χ2n) is 5.06. The zero-order valence-electron chi connectivity index (χ0n) is 12.8. The van der Waals surface area contributed by atoms with Crippen molar-refractivity contribution in [3.8, 4) is 11.5 Å². The predicted octanol–water partition coefficient (Wildman–Crippen LogP) is 2.81. The number of carbonyl (C=O) groups excluding carboxylic acids is 1. The second-order valence-corrected chi connectivity index (χ2v) is 5.47. The molecule has 3 heterocycles. The van der Waals surface area contributed by atoms with Crippen molar-refractivity contribution in [3.05, 3.63) is 47.1 Å². The number of aromatic amines is 1. The Balaban J connectivity index is 1.76.